The Hall–Kier alpha value is -2.37. The maximum atomic E-state index is 12.8. The maximum absolute atomic E-state index is 12.8. The lowest BCUT2D eigenvalue weighted by molar-refractivity contribution is -0.149. The van der Waals surface area contributed by atoms with Crippen LogP contribution in [0.15, 0.2) is 30.3 Å². The van der Waals surface area contributed by atoms with Gasteiger partial charge >= 0.3 is 5.97 Å². The average Bonchev–Trinajstić information content (AvgIpc) is 2.95. The summed E-state index contributed by atoms with van der Waals surface area (Å²) >= 11 is 0. The highest BCUT2D eigenvalue weighted by molar-refractivity contribution is 5.89. The summed E-state index contributed by atoms with van der Waals surface area (Å²) in [5.74, 6) is -1.55. The molecule has 6 nitrogen and oxygen atoms in total. The number of nitrogens with zero attached hydrogens (tertiary/aromatic N) is 2. The fourth-order valence-electron chi connectivity index (χ4n) is 3.87. The number of benzene rings is 1. The van der Waals surface area contributed by atoms with Gasteiger partial charge in [-0.05, 0) is 17.9 Å². The van der Waals surface area contributed by atoms with Crippen molar-refractivity contribution >= 4 is 17.8 Å². The van der Waals surface area contributed by atoms with Gasteiger partial charge in [-0.2, -0.15) is 0 Å². The molecule has 2 aliphatic rings. The molecular formula is C19H24N2O4. The Labute approximate surface area is 147 Å². The SMILES string of the molecule is CC1CN(C(=O)C2CC(=O)N(Cc3ccccc3)C2)CCC1C(=O)O. The van der Waals surface area contributed by atoms with E-state index in [2.05, 4.69) is 0 Å². The van der Waals surface area contributed by atoms with Gasteiger partial charge in [0, 0.05) is 32.6 Å². The van der Waals surface area contributed by atoms with Gasteiger partial charge in [-0.25, -0.2) is 0 Å². The Morgan fingerprint density at radius 1 is 1.20 bits per heavy atom. The lowest BCUT2D eigenvalue weighted by atomic mass is 9.86. The van der Waals surface area contributed by atoms with Crippen LogP contribution in [0.2, 0.25) is 0 Å². The first-order valence-corrected chi connectivity index (χ1v) is 8.79. The number of aliphatic carboxylic acids is 1. The zero-order chi connectivity index (χ0) is 18.0. The summed E-state index contributed by atoms with van der Waals surface area (Å²) in [7, 11) is 0. The van der Waals surface area contributed by atoms with E-state index in [1.54, 1.807) is 9.80 Å². The van der Waals surface area contributed by atoms with Crippen LogP contribution in [0.5, 0.6) is 0 Å². The predicted octanol–water partition coefficient (Wildman–Crippen LogP) is 1.60. The normalized spacial score (nSPS) is 26.8. The second-order valence-electron chi connectivity index (χ2n) is 7.16. The zero-order valence-electron chi connectivity index (χ0n) is 14.4. The van der Waals surface area contributed by atoms with E-state index >= 15 is 0 Å². The van der Waals surface area contributed by atoms with E-state index in [1.807, 2.05) is 37.3 Å². The molecule has 3 atom stereocenters. The molecule has 0 radical (unpaired) electrons. The van der Waals surface area contributed by atoms with E-state index in [0.29, 0.717) is 32.6 Å². The van der Waals surface area contributed by atoms with Crippen LogP contribution in [0.25, 0.3) is 0 Å². The predicted molar refractivity (Wildman–Crippen MR) is 91.5 cm³/mol. The molecular weight excluding hydrogens is 320 g/mol. The second kappa shape index (κ2) is 7.25. The second-order valence-corrected chi connectivity index (χ2v) is 7.16. The van der Waals surface area contributed by atoms with Crippen molar-refractivity contribution in [3.05, 3.63) is 35.9 Å². The number of amides is 2. The highest BCUT2D eigenvalue weighted by Crippen LogP contribution is 2.27. The minimum atomic E-state index is -0.787. The Balaban J connectivity index is 1.59. The smallest absolute Gasteiger partial charge is 0.306 e. The summed E-state index contributed by atoms with van der Waals surface area (Å²) in [6, 6.07) is 9.75. The van der Waals surface area contributed by atoms with Crippen molar-refractivity contribution < 1.29 is 19.5 Å². The topological polar surface area (TPSA) is 77.9 Å². The summed E-state index contributed by atoms with van der Waals surface area (Å²) in [4.78, 5) is 39.7. The molecule has 6 heteroatoms. The molecule has 134 valence electrons. The molecule has 1 aromatic rings. The first-order chi connectivity index (χ1) is 12.0. The monoisotopic (exact) mass is 344 g/mol. The number of piperidine rings is 1. The maximum Gasteiger partial charge on any atom is 0.306 e. The lowest BCUT2D eigenvalue weighted by Gasteiger charge is -2.36. The van der Waals surface area contributed by atoms with Gasteiger partial charge in [-0.1, -0.05) is 37.3 Å². The van der Waals surface area contributed by atoms with E-state index in [4.69, 9.17) is 0 Å². The van der Waals surface area contributed by atoms with Crippen molar-refractivity contribution in [2.45, 2.75) is 26.3 Å². The third-order valence-corrected chi connectivity index (χ3v) is 5.31. The third-order valence-electron chi connectivity index (χ3n) is 5.31. The average molecular weight is 344 g/mol. The van der Waals surface area contributed by atoms with Gasteiger partial charge in [0.15, 0.2) is 0 Å². The van der Waals surface area contributed by atoms with Crippen LogP contribution >= 0.6 is 0 Å². The Kier molecular flexibility index (Phi) is 5.06. The number of carbonyl (C=O) groups excluding carboxylic acids is 2. The van der Waals surface area contributed by atoms with Gasteiger partial charge in [0.05, 0.1) is 11.8 Å². The number of carbonyl (C=O) groups is 3. The Morgan fingerprint density at radius 2 is 1.92 bits per heavy atom. The Morgan fingerprint density at radius 3 is 2.56 bits per heavy atom. The van der Waals surface area contributed by atoms with Crippen molar-refractivity contribution in [1.82, 2.24) is 9.80 Å². The molecule has 2 saturated heterocycles. The van der Waals surface area contributed by atoms with Crippen molar-refractivity contribution in [2.24, 2.45) is 17.8 Å². The van der Waals surface area contributed by atoms with Crippen LogP contribution in [0, 0.1) is 17.8 Å². The molecule has 1 N–H and O–H groups in total. The summed E-state index contributed by atoms with van der Waals surface area (Å²) in [6.45, 7) is 3.77. The number of rotatable bonds is 4. The van der Waals surface area contributed by atoms with Gasteiger partial charge in [-0.15, -0.1) is 0 Å². The van der Waals surface area contributed by atoms with Crippen LogP contribution < -0.4 is 0 Å². The molecule has 2 heterocycles. The molecule has 0 spiro atoms. The van der Waals surface area contributed by atoms with E-state index in [1.165, 1.54) is 0 Å². The molecule has 1 aromatic carbocycles. The molecule has 3 rings (SSSR count). The highest BCUT2D eigenvalue weighted by Gasteiger charge is 2.39. The molecule has 3 unspecified atom stereocenters. The van der Waals surface area contributed by atoms with Crippen molar-refractivity contribution in [3.8, 4) is 0 Å². The zero-order valence-corrected chi connectivity index (χ0v) is 14.4. The van der Waals surface area contributed by atoms with Gasteiger partial charge < -0.3 is 14.9 Å². The molecule has 0 saturated carbocycles. The first-order valence-electron chi connectivity index (χ1n) is 8.79. The fourth-order valence-corrected chi connectivity index (χ4v) is 3.87. The van der Waals surface area contributed by atoms with Crippen LogP contribution in [-0.4, -0.2) is 52.3 Å². The van der Waals surface area contributed by atoms with Crippen LogP contribution in [-0.2, 0) is 20.9 Å². The number of hydrogen-bond donors (Lipinski definition) is 1. The summed E-state index contributed by atoms with van der Waals surface area (Å²) < 4.78 is 0. The van der Waals surface area contributed by atoms with Crippen LogP contribution in [0.4, 0.5) is 0 Å². The van der Waals surface area contributed by atoms with Gasteiger partial charge in [0.2, 0.25) is 11.8 Å². The number of carboxylic acid groups (broad SMARTS) is 1. The molecule has 0 bridgehead atoms. The first kappa shape index (κ1) is 17.5. The highest BCUT2D eigenvalue weighted by atomic mass is 16.4. The summed E-state index contributed by atoms with van der Waals surface area (Å²) in [5, 5.41) is 9.20. The minimum Gasteiger partial charge on any atom is -0.481 e. The van der Waals surface area contributed by atoms with Crippen molar-refractivity contribution in [1.29, 1.82) is 0 Å². The quantitative estimate of drug-likeness (QED) is 0.900. The third kappa shape index (κ3) is 3.83. The van der Waals surface area contributed by atoms with Gasteiger partial charge in [0.25, 0.3) is 0 Å². The minimum absolute atomic E-state index is 0.00988. The standard InChI is InChI=1S/C19H24N2O4/c1-13-10-20(8-7-16(13)19(24)25)18(23)15-9-17(22)21(12-15)11-14-5-3-2-4-6-14/h2-6,13,15-16H,7-12H2,1H3,(H,24,25). The molecule has 0 aliphatic carbocycles. The Bertz CT molecular complexity index is 661. The largest absolute Gasteiger partial charge is 0.481 e. The number of hydrogen-bond acceptors (Lipinski definition) is 3. The van der Waals surface area contributed by atoms with Gasteiger partial charge in [0.1, 0.15) is 0 Å². The summed E-state index contributed by atoms with van der Waals surface area (Å²) in [6.07, 6.45) is 0.732. The fraction of sp³-hybridized carbons (Fsp3) is 0.526. The van der Waals surface area contributed by atoms with E-state index in [9.17, 15) is 19.5 Å². The van der Waals surface area contributed by atoms with Gasteiger partial charge in [-0.3, -0.25) is 14.4 Å². The van der Waals surface area contributed by atoms with E-state index < -0.39 is 5.97 Å². The number of likely N-dealkylation sites (tertiary alicyclic amines) is 2. The van der Waals surface area contributed by atoms with Crippen LogP contribution in [0.3, 0.4) is 0 Å². The van der Waals surface area contributed by atoms with E-state index in [0.717, 1.165) is 5.56 Å². The summed E-state index contributed by atoms with van der Waals surface area (Å²) in [5.41, 5.74) is 1.06. The molecule has 2 aliphatic heterocycles. The molecule has 0 aromatic heterocycles. The van der Waals surface area contributed by atoms with E-state index in [-0.39, 0.29) is 36.0 Å². The molecule has 25 heavy (non-hydrogen) atoms. The molecule has 2 fully saturated rings. The van der Waals surface area contributed by atoms with Crippen LogP contribution in [0.1, 0.15) is 25.3 Å². The number of carboxylic acids is 1. The van der Waals surface area contributed by atoms with Crippen molar-refractivity contribution in [2.75, 3.05) is 19.6 Å². The lowest BCUT2D eigenvalue weighted by Crippen LogP contribution is -2.47. The van der Waals surface area contributed by atoms with Crippen molar-refractivity contribution in [3.63, 3.8) is 0 Å². The molecule has 2 amide bonds.